The quantitative estimate of drug-likeness (QED) is 0.878. The molecule has 0 bridgehead atoms. The molecule has 1 saturated carbocycles. The maximum absolute atomic E-state index is 4.57. The Morgan fingerprint density at radius 3 is 2.82 bits per heavy atom. The van der Waals surface area contributed by atoms with Gasteiger partial charge in [-0.3, -0.25) is 0 Å². The zero-order chi connectivity index (χ0) is 12.4. The molecule has 0 radical (unpaired) electrons. The van der Waals surface area contributed by atoms with Crippen LogP contribution in [0.15, 0.2) is 5.38 Å². The van der Waals surface area contributed by atoms with Gasteiger partial charge < -0.3 is 5.32 Å². The van der Waals surface area contributed by atoms with E-state index in [1.807, 2.05) is 0 Å². The summed E-state index contributed by atoms with van der Waals surface area (Å²) in [6.45, 7) is 9.03. The van der Waals surface area contributed by atoms with Crippen LogP contribution in [-0.2, 0) is 0 Å². The van der Waals surface area contributed by atoms with E-state index in [2.05, 4.69) is 43.4 Å². The Hall–Kier alpha value is -0.410. The molecule has 1 N–H and O–H groups in total. The second-order valence-electron chi connectivity index (χ2n) is 5.39. The van der Waals surface area contributed by atoms with Gasteiger partial charge in [-0.15, -0.1) is 11.3 Å². The molecule has 1 aromatic heterocycles. The van der Waals surface area contributed by atoms with Crippen LogP contribution in [0.5, 0.6) is 0 Å². The third kappa shape index (κ3) is 2.89. The highest BCUT2D eigenvalue weighted by Crippen LogP contribution is 2.35. The minimum Gasteiger partial charge on any atom is -0.306 e. The van der Waals surface area contributed by atoms with Gasteiger partial charge in [-0.25, -0.2) is 4.98 Å². The van der Waals surface area contributed by atoms with Gasteiger partial charge in [0.15, 0.2) is 0 Å². The van der Waals surface area contributed by atoms with E-state index in [1.165, 1.54) is 30.0 Å². The van der Waals surface area contributed by atoms with Crippen LogP contribution in [0.3, 0.4) is 0 Å². The standard InChI is InChI=1S/C14H24N2S/c1-5-12-6-7-13(9(12)2)15-10(3)14-8-17-11(4)16-14/h8-10,12-13,15H,5-7H2,1-4H3. The second kappa shape index (κ2) is 5.49. The number of rotatable bonds is 4. The number of aromatic nitrogens is 1. The first-order valence-electron chi connectivity index (χ1n) is 6.79. The van der Waals surface area contributed by atoms with Crippen molar-refractivity contribution in [1.29, 1.82) is 0 Å². The van der Waals surface area contributed by atoms with E-state index in [9.17, 15) is 0 Å². The van der Waals surface area contributed by atoms with Crippen molar-refractivity contribution in [3.8, 4) is 0 Å². The summed E-state index contributed by atoms with van der Waals surface area (Å²) in [5, 5.41) is 7.12. The molecule has 0 aromatic carbocycles. The topological polar surface area (TPSA) is 24.9 Å². The lowest BCUT2D eigenvalue weighted by atomic mass is 9.93. The number of nitrogens with zero attached hydrogens (tertiary/aromatic N) is 1. The van der Waals surface area contributed by atoms with Crippen molar-refractivity contribution in [2.24, 2.45) is 11.8 Å². The third-order valence-corrected chi connectivity index (χ3v) is 5.09. The molecule has 4 atom stereocenters. The molecule has 1 aromatic rings. The van der Waals surface area contributed by atoms with Gasteiger partial charge in [0.25, 0.3) is 0 Å². The van der Waals surface area contributed by atoms with Crippen molar-refractivity contribution in [2.45, 2.75) is 59.0 Å². The van der Waals surface area contributed by atoms with Crippen molar-refractivity contribution in [1.82, 2.24) is 10.3 Å². The maximum atomic E-state index is 4.57. The lowest BCUT2D eigenvalue weighted by molar-refractivity contribution is 0.326. The van der Waals surface area contributed by atoms with Crippen molar-refractivity contribution >= 4 is 11.3 Å². The van der Waals surface area contributed by atoms with E-state index in [4.69, 9.17) is 0 Å². The first-order valence-corrected chi connectivity index (χ1v) is 7.67. The summed E-state index contributed by atoms with van der Waals surface area (Å²) in [5.74, 6) is 1.72. The van der Waals surface area contributed by atoms with Crippen LogP contribution in [0.1, 0.15) is 56.8 Å². The van der Waals surface area contributed by atoms with Crippen LogP contribution in [0.2, 0.25) is 0 Å². The molecule has 17 heavy (non-hydrogen) atoms. The minimum absolute atomic E-state index is 0.392. The van der Waals surface area contributed by atoms with Crippen LogP contribution < -0.4 is 5.32 Å². The largest absolute Gasteiger partial charge is 0.306 e. The predicted octanol–water partition coefficient (Wildman–Crippen LogP) is 3.93. The van der Waals surface area contributed by atoms with E-state index < -0.39 is 0 Å². The number of nitrogens with one attached hydrogen (secondary N) is 1. The van der Waals surface area contributed by atoms with Gasteiger partial charge in [0, 0.05) is 17.5 Å². The van der Waals surface area contributed by atoms with Crippen LogP contribution in [0, 0.1) is 18.8 Å². The molecule has 1 aliphatic rings. The number of hydrogen-bond donors (Lipinski definition) is 1. The average molecular weight is 252 g/mol. The summed E-state index contributed by atoms with van der Waals surface area (Å²) < 4.78 is 0. The Labute approximate surface area is 109 Å². The van der Waals surface area contributed by atoms with E-state index in [0.717, 1.165) is 11.8 Å². The Kier molecular flexibility index (Phi) is 4.21. The summed E-state index contributed by atoms with van der Waals surface area (Å²) in [4.78, 5) is 4.57. The molecular weight excluding hydrogens is 228 g/mol. The van der Waals surface area contributed by atoms with Gasteiger partial charge in [-0.2, -0.15) is 0 Å². The third-order valence-electron chi connectivity index (χ3n) is 4.30. The van der Waals surface area contributed by atoms with Gasteiger partial charge in [0.05, 0.1) is 10.7 Å². The molecule has 0 saturated heterocycles. The van der Waals surface area contributed by atoms with Crippen molar-refractivity contribution < 1.29 is 0 Å². The van der Waals surface area contributed by atoms with Gasteiger partial charge >= 0.3 is 0 Å². The van der Waals surface area contributed by atoms with Gasteiger partial charge in [0.2, 0.25) is 0 Å². The molecule has 1 fully saturated rings. The van der Waals surface area contributed by atoms with Crippen molar-refractivity contribution in [3.05, 3.63) is 16.1 Å². The maximum Gasteiger partial charge on any atom is 0.0898 e. The predicted molar refractivity (Wildman–Crippen MR) is 74.4 cm³/mol. The lowest BCUT2D eigenvalue weighted by Gasteiger charge is -2.24. The summed E-state index contributed by atoms with van der Waals surface area (Å²) in [5.41, 5.74) is 1.21. The zero-order valence-corrected chi connectivity index (χ0v) is 12.2. The van der Waals surface area contributed by atoms with Crippen LogP contribution >= 0.6 is 11.3 Å². The fraction of sp³-hybridized carbons (Fsp3) is 0.786. The molecule has 1 aliphatic carbocycles. The molecule has 1 heterocycles. The van der Waals surface area contributed by atoms with Crippen LogP contribution in [-0.4, -0.2) is 11.0 Å². The summed E-state index contributed by atoms with van der Waals surface area (Å²) >= 11 is 1.75. The van der Waals surface area contributed by atoms with Crippen molar-refractivity contribution in [3.63, 3.8) is 0 Å². The molecule has 96 valence electrons. The Morgan fingerprint density at radius 1 is 1.53 bits per heavy atom. The molecule has 0 amide bonds. The van der Waals surface area contributed by atoms with E-state index in [0.29, 0.717) is 12.1 Å². The molecule has 3 heteroatoms. The van der Waals surface area contributed by atoms with Gasteiger partial charge in [-0.1, -0.05) is 20.3 Å². The van der Waals surface area contributed by atoms with E-state index in [-0.39, 0.29) is 0 Å². The molecule has 0 aliphatic heterocycles. The van der Waals surface area contributed by atoms with E-state index in [1.54, 1.807) is 11.3 Å². The fourth-order valence-electron chi connectivity index (χ4n) is 3.04. The second-order valence-corrected chi connectivity index (χ2v) is 6.45. The highest BCUT2D eigenvalue weighted by atomic mass is 32.1. The normalized spacial score (nSPS) is 30.7. The number of hydrogen-bond acceptors (Lipinski definition) is 3. The SMILES string of the molecule is CCC1CCC(NC(C)c2csc(C)n2)C1C. The highest BCUT2D eigenvalue weighted by Gasteiger charge is 2.32. The fourth-order valence-corrected chi connectivity index (χ4v) is 3.75. The average Bonchev–Trinajstić information content (AvgIpc) is 2.87. The summed E-state index contributed by atoms with van der Waals surface area (Å²) in [6, 6.07) is 1.07. The summed E-state index contributed by atoms with van der Waals surface area (Å²) in [7, 11) is 0. The number of aryl methyl sites for hydroxylation is 1. The lowest BCUT2D eigenvalue weighted by Crippen LogP contribution is -2.34. The van der Waals surface area contributed by atoms with Crippen molar-refractivity contribution in [2.75, 3.05) is 0 Å². The first kappa shape index (κ1) is 13.0. The molecule has 2 nitrogen and oxygen atoms in total. The Bertz CT molecular complexity index is 361. The molecule has 4 unspecified atom stereocenters. The minimum atomic E-state index is 0.392. The molecule has 0 spiro atoms. The Morgan fingerprint density at radius 2 is 2.29 bits per heavy atom. The monoisotopic (exact) mass is 252 g/mol. The van der Waals surface area contributed by atoms with Crippen LogP contribution in [0.4, 0.5) is 0 Å². The summed E-state index contributed by atoms with van der Waals surface area (Å²) in [6.07, 6.45) is 4.04. The van der Waals surface area contributed by atoms with Gasteiger partial charge in [0.1, 0.15) is 0 Å². The molecule has 2 rings (SSSR count). The first-order chi connectivity index (χ1) is 8.11. The van der Waals surface area contributed by atoms with Gasteiger partial charge in [-0.05, 0) is 38.5 Å². The smallest absolute Gasteiger partial charge is 0.0898 e. The van der Waals surface area contributed by atoms with Crippen LogP contribution in [0.25, 0.3) is 0 Å². The van der Waals surface area contributed by atoms with E-state index >= 15 is 0 Å². The molecular formula is C14H24N2S. The Balaban J connectivity index is 1.93. The zero-order valence-electron chi connectivity index (χ0n) is 11.4. The number of thiazole rings is 1. The highest BCUT2D eigenvalue weighted by molar-refractivity contribution is 7.09.